The molecule has 0 atom stereocenters. The molecule has 1 aromatic heterocycles. The van der Waals surface area contributed by atoms with Crippen LogP contribution in [0.3, 0.4) is 0 Å². The minimum atomic E-state index is 0.0353. The first-order valence-electron chi connectivity index (χ1n) is 5.86. The topological polar surface area (TPSA) is 45.8 Å². The van der Waals surface area contributed by atoms with Crippen LogP contribution >= 0.6 is 22.6 Å². The molecule has 0 aromatic carbocycles. The van der Waals surface area contributed by atoms with Gasteiger partial charge in [0.1, 0.15) is 5.82 Å². The number of hydrogen-bond acceptors (Lipinski definition) is 2. The van der Waals surface area contributed by atoms with Crippen LogP contribution < -0.4 is 5.56 Å². The van der Waals surface area contributed by atoms with Crippen molar-refractivity contribution in [3.8, 4) is 0 Å². The summed E-state index contributed by atoms with van der Waals surface area (Å²) in [5, 5.41) is 0. The van der Waals surface area contributed by atoms with E-state index in [9.17, 15) is 4.79 Å². The molecule has 1 aromatic rings. The number of hydrogen-bond donors (Lipinski definition) is 1. The number of nitrogens with zero attached hydrogens (tertiary/aromatic N) is 1. The van der Waals surface area contributed by atoms with Gasteiger partial charge in [0.2, 0.25) is 0 Å². The Morgan fingerprint density at radius 1 is 1.50 bits per heavy atom. The highest BCUT2D eigenvalue weighted by Gasteiger charge is 2.23. The van der Waals surface area contributed by atoms with Gasteiger partial charge in [0, 0.05) is 5.92 Å². The first-order valence-corrected chi connectivity index (χ1v) is 6.94. The molecule has 3 nitrogen and oxygen atoms in total. The second-order valence-corrected chi connectivity index (χ2v) is 6.02. The minimum Gasteiger partial charge on any atom is -0.309 e. The first-order chi connectivity index (χ1) is 7.58. The second-order valence-electron chi connectivity index (χ2n) is 4.94. The molecule has 0 amide bonds. The molecule has 1 aliphatic rings. The quantitative estimate of drug-likeness (QED) is 0.865. The van der Waals surface area contributed by atoms with Crippen molar-refractivity contribution in [3.05, 3.63) is 25.4 Å². The number of rotatable bonds is 3. The molecule has 0 spiro atoms. The van der Waals surface area contributed by atoms with E-state index in [1.165, 1.54) is 19.3 Å². The zero-order valence-electron chi connectivity index (χ0n) is 9.72. The molecule has 1 heterocycles. The molecular formula is C12H17IN2O. The summed E-state index contributed by atoms with van der Waals surface area (Å²) in [5.74, 6) is 1.94. The Labute approximate surface area is 109 Å². The zero-order valence-corrected chi connectivity index (χ0v) is 11.9. The van der Waals surface area contributed by atoms with Gasteiger partial charge in [0.15, 0.2) is 0 Å². The average Bonchev–Trinajstić information content (AvgIpc) is 2.09. The van der Waals surface area contributed by atoms with Crippen LogP contribution in [0.4, 0.5) is 0 Å². The molecule has 0 saturated heterocycles. The largest absolute Gasteiger partial charge is 0.309 e. The minimum absolute atomic E-state index is 0.0353. The normalized spacial score (nSPS) is 16.5. The summed E-state index contributed by atoms with van der Waals surface area (Å²) < 4.78 is 0.759. The van der Waals surface area contributed by atoms with Gasteiger partial charge in [-0.25, -0.2) is 4.98 Å². The molecule has 0 radical (unpaired) electrons. The lowest BCUT2D eigenvalue weighted by Crippen LogP contribution is -2.23. The molecule has 0 bridgehead atoms. The van der Waals surface area contributed by atoms with Crippen molar-refractivity contribution in [2.45, 2.75) is 45.4 Å². The van der Waals surface area contributed by atoms with Gasteiger partial charge in [-0.15, -0.1) is 0 Å². The maximum Gasteiger partial charge on any atom is 0.264 e. The number of aromatic nitrogens is 2. The SMILES string of the molecule is CC(C)Cc1nc(C2CCC2)[nH]c(=O)c1I. The fraction of sp³-hybridized carbons (Fsp3) is 0.667. The monoisotopic (exact) mass is 332 g/mol. The van der Waals surface area contributed by atoms with Gasteiger partial charge < -0.3 is 4.98 Å². The molecule has 1 N–H and O–H groups in total. The van der Waals surface area contributed by atoms with E-state index in [1.807, 2.05) is 0 Å². The highest BCUT2D eigenvalue weighted by Crippen LogP contribution is 2.34. The summed E-state index contributed by atoms with van der Waals surface area (Å²) in [6.45, 7) is 4.31. The molecule has 1 fully saturated rings. The zero-order chi connectivity index (χ0) is 11.7. The predicted molar refractivity (Wildman–Crippen MR) is 72.7 cm³/mol. The molecule has 0 aliphatic heterocycles. The van der Waals surface area contributed by atoms with E-state index in [-0.39, 0.29) is 5.56 Å². The number of nitrogens with one attached hydrogen (secondary N) is 1. The van der Waals surface area contributed by atoms with E-state index in [2.05, 4.69) is 46.4 Å². The van der Waals surface area contributed by atoms with Gasteiger partial charge in [0.25, 0.3) is 5.56 Å². The summed E-state index contributed by atoms with van der Waals surface area (Å²) in [4.78, 5) is 19.3. The van der Waals surface area contributed by atoms with Crippen molar-refractivity contribution >= 4 is 22.6 Å². The molecule has 1 aliphatic carbocycles. The summed E-state index contributed by atoms with van der Waals surface area (Å²) in [5.41, 5.74) is 1.01. The second kappa shape index (κ2) is 4.85. The first kappa shape index (κ1) is 12.1. The van der Waals surface area contributed by atoms with Crippen molar-refractivity contribution in [3.63, 3.8) is 0 Å². The van der Waals surface area contributed by atoms with Crippen LogP contribution in [-0.4, -0.2) is 9.97 Å². The van der Waals surface area contributed by atoms with Gasteiger partial charge >= 0.3 is 0 Å². The van der Waals surface area contributed by atoms with E-state index in [0.717, 1.165) is 21.5 Å². The highest BCUT2D eigenvalue weighted by molar-refractivity contribution is 14.1. The Morgan fingerprint density at radius 3 is 2.69 bits per heavy atom. The van der Waals surface area contributed by atoms with Crippen LogP contribution in [0.2, 0.25) is 0 Å². The molecule has 88 valence electrons. The van der Waals surface area contributed by atoms with Crippen LogP contribution in [0.25, 0.3) is 0 Å². The van der Waals surface area contributed by atoms with Crippen molar-refractivity contribution in [1.29, 1.82) is 0 Å². The highest BCUT2D eigenvalue weighted by atomic mass is 127. The maximum atomic E-state index is 11.8. The standard InChI is InChI=1S/C12H17IN2O/c1-7(2)6-9-10(13)12(16)15-11(14-9)8-4-3-5-8/h7-8H,3-6H2,1-2H3,(H,14,15,16). The summed E-state index contributed by atoms with van der Waals surface area (Å²) in [7, 11) is 0. The van der Waals surface area contributed by atoms with Gasteiger partial charge in [-0.05, 0) is 47.8 Å². The van der Waals surface area contributed by atoms with E-state index >= 15 is 0 Å². The average molecular weight is 332 g/mol. The van der Waals surface area contributed by atoms with Crippen LogP contribution in [0.15, 0.2) is 4.79 Å². The molecule has 2 rings (SSSR count). The third kappa shape index (κ3) is 2.47. The van der Waals surface area contributed by atoms with Crippen LogP contribution in [0.1, 0.15) is 50.5 Å². The summed E-state index contributed by atoms with van der Waals surface area (Å²) in [6, 6.07) is 0. The van der Waals surface area contributed by atoms with Gasteiger partial charge in [-0.3, -0.25) is 4.79 Å². The summed E-state index contributed by atoms with van der Waals surface area (Å²) >= 11 is 2.10. The van der Waals surface area contributed by atoms with Gasteiger partial charge in [-0.2, -0.15) is 0 Å². The number of aromatic amines is 1. The lowest BCUT2D eigenvalue weighted by molar-refractivity contribution is 0.398. The Balaban J connectivity index is 2.34. The van der Waals surface area contributed by atoms with Crippen molar-refractivity contribution in [2.24, 2.45) is 5.92 Å². The molecule has 1 saturated carbocycles. The van der Waals surface area contributed by atoms with Crippen LogP contribution in [0.5, 0.6) is 0 Å². The Hall–Kier alpha value is -0.390. The summed E-state index contributed by atoms with van der Waals surface area (Å²) in [6.07, 6.45) is 4.50. The van der Waals surface area contributed by atoms with Crippen LogP contribution in [0, 0.1) is 9.49 Å². The fourth-order valence-corrected chi connectivity index (χ4v) is 2.40. The lowest BCUT2D eigenvalue weighted by atomic mass is 9.85. The van der Waals surface area contributed by atoms with Crippen LogP contribution in [-0.2, 0) is 6.42 Å². The molecule has 4 heteroatoms. The van der Waals surface area contributed by atoms with Gasteiger partial charge in [-0.1, -0.05) is 20.3 Å². The Kier molecular flexibility index (Phi) is 3.66. The van der Waals surface area contributed by atoms with Crippen molar-refractivity contribution in [1.82, 2.24) is 9.97 Å². The van der Waals surface area contributed by atoms with Crippen molar-refractivity contribution < 1.29 is 0 Å². The fourth-order valence-electron chi connectivity index (χ4n) is 1.92. The van der Waals surface area contributed by atoms with E-state index in [0.29, 0.717) is 11.8 Å². The lowest BCUT2D eigenvalue weighted by Gasteiger charge is -2.24. The van der Waals surface area contributed by atoms with E-state index < -0.39 is 0 Å². The van der Waals surface area contributed by atoms with Gasteiger partial charge in [0.05, 0.1) is 9.26 Å². The third-order valence-corrected chi connectivity index (χ3v) is 4.16. The number of H-pyrrole nitrogens is 1. The third-order valence-electron chi connectivity index (χ3n) is 3.04. The molecular weight excluding hydrogens is 315 g/mol. The maximum absolute atomic E-state index is 11.8. The smallest absolute Gasteiger partial charge is 0.264 e. The predicted octanol–water partition coefficient (Wildman–Crippen LogP) is 2.84. The van der Waals surface area contributed by atoms with E-state index in [4.69, 9.17) is 0 Å². The molecule has 0 unspecified atom stereocenters. The molecule has 16 heavy (non-hydrogen) atoms. The van der Waals surface area contributed by atoms with E-state index in [1.54, 1.807) is 0 Å². The Morgan fingerprint density at radius 2 is 2.19 bits per heavy atom. The Bertz CT molecular complexity index is 435. The number of halogens is 1. The van der Waals surface area contributed by atoms with Crippen molar-refractivity contribution in [2.75, 3.05) is 0 Å².